The molecule has 0 rings (SSSR count). The van der Waals surface area contributed by atoms with Gasteiger partial charge in [-0.1, -0.05) is 40.5 Å². The van der Waals surface area contributed by atoms with Gasteiger partial charge in [0.1, 0.15) is 48.3 Å². The van der Waals surface area contributed by atoms with Crippen LogP contribution in [0.2, 0.25) is 0 Å². The molecular formula is C48H87N15O16. The lowest BCUT2D eigenvalue weighted by Crippen LogP contribution is -2.62. The molecule has 0 aliphatic rings. The second kappa shape index (κ2) is 38.3. The van der Waals surface area contributed by atoms with E-state index in [1.165, 1.54) is 0 Å². The normalized spacial score (nSPS) is 15.3. The first-order valence-corrected chi connectivity index (χ1v) is 26.3. The van der Waals surface area contributed by atoms with Crippen molar-refractivity contribution in [3.8, 4) is 0 Å². The topological polar surface area (TPSA) is 550 Å². The Morgan fingerprint density at radius 3 is 1.39 bits per heavy atom. The molecule has 0 bridgehead atoms. The van der Waals surface area contributed by atoms with Crippen LogP contribution in [0.3, 0.4) is 0 Å². The minimum atomic E-state index is -1.84. The van der Waals surface area contributed by atoms with E-state index in [0.29, 0.717) is 32.2 Å². The van der Waals surface area contributed by atoms with Crippen molar-refractivity contribution in [2.24, 2.45) is 51.2 Å². The van der Waals surface area contributed by atoms with Crippen molar-refractivity contribution in [2.75, 3.05) is 19.6 Å². The summed E-state index contributed by atoms with van der Waals surface area (Å²) in [7, 11) is 0. The van der Waals surface area contributed by atoms with E-state index in [0.717, 1.165) is 6.92 Å². The number of hydrogen-bond acceptors (Lipinski definition) is 17. The predicted octanol–water partition coefficient (Wildman–Crippen LogP) is -5.33. The zero-order chi connectivity index (χ0) is 60.5. The van der Waals surface area contributed by atoms with Crippen molar-refractivity contribution in [1.82, 2.24) is 42.5 Å². The number of aliphatic carboxylic acids is 3. The Morgan fingerprint density at radius 1 is 0.481 bits per heavy atom. The standard InChI is InChI=1S/C48H87N15O16/c1-6-25(4)37(45(76)58-30(16-18-35(66)67)40(71)57-29(15-17-34(52)65)41(72)59-31(47(78)79)13-8-10-20-50)62-44(75)32(22-24(2)3)61-46(77)38(26(5)64)63-42(73)28(14-11-21-55-48(53)54)56-43(74)33(23-36(68)69)60-39(70)27(51)12-7-9-19-49/h24-33,37-38,64H,6-23,49-51H2,1-5H3,(H2,52,65)(H,56,74)(H,57,71)(H,58,76)(H,59,72)(H,60,70)(H,61,77)(H,62,75)(H,63,73)(H,66,67)(H,68,69)(H,78,79)(H4,53,54,55). The molecule has 11 unspecified atom stereocenters. The van der Waals surface area contributed by atoms with Gasteiger partial charge in [0.05, 0.1) is 18.6 Å². The highest BCUT2D eigenvalue weighted by molar-refractivity contribution is 5.99. The number of unbranched alkanes of at least 4 members (excludes halogenated alkanes) is 2. The highest BCUT2D eigenvalue weighted by Gasteiger charge is 2.38. The van der Waals surface area contributed by atoms with Crippen molar-refractivity contribution in [2.45, 2.75) is 191 Å². The predicted molar refractivity (Wildman–Crippen MR) is 285 cm³/mol. The van der Waals surface area contributed by atoms with Gasteiger partial charge in [-0.3, -0.25) is 57.7 Å². The van der Waals surface area contributed by atoms with Crippen LogP contribution < -0.4 is 76.9 Å². The molecule has 0 saturated heterocycles. The molecule has 0 heterocycles. The Balaban J connectivity index is 6.83. The molecule has 31 heteroatoms. The van der Waals surface area contributed by atoms with Gasteiger partial charge in [0.2, 0.25) is 53.2 Å². The molecule has 0 saturated carbocycles. The van der Waals surface area contributed by atoms with Gasteiger partial charge < -0.3 is 97.4 Å². The lowest BCUT2D eigenvalue weighted by Gasteiger charge is -2.30. The van der Waals surface area contributed by atoms with Gasteiger partial charge in [-0.15, -0.1) is 0 Å². The number of amides is 9. The summed E-state index contributed by atoms with van der Waals surface area (Å²) < 4.78 is 0. The van der Waals surface area contributed by atoms with Crippen LogP contribution in [-0.4, -0.2) is 178 Å². The van der Waals surface area contributed by atoms with Gasteiger partial charge in [0.15, 0.2) is 5.96 Å². The number of rotatable bonds is 42. The Hall–Kier alpha value is -7.25. The average Bonchev–Trinajstić information content (AvgIpc) is 3.35. The molecule has 0 spiro atoms. The van der Waals surface area contributed by atoms with E-state index in [1.54, 1.807) is 27.7 Å². The molecule has 0 aliphatic heterocycles. The third-order valence-electron chi connectivity index (χ3n) is 12.2. The molecule has 9 amide bonds. The summed E-state index contributed by atoms with van der Waals surface area (Å²) >= 11 is 0. The summed E-state index contributed by atoms with van der Waals surface area (Å²) in [6, 6.07) is -14.0. The lowest BCUT2D eigenvalue weighted by molar-refractivity contribution is -0.143. The molecule has 0 aromatic carbocycles. The number of carboxylic acid groups (broad SMARTS) is 3. The first-order valence-electron chi connectivity index (χ1n) is 26.3. The minimum absolute atomic E-state index is 0.0240. The number of aliphatic imine (C=N–C) groups is 1. The molecule has 24 N–H and O–H groups in total. The molecule has 79 heavy (non-hydrogen) atoms. The molecular weight excluding hydrogens is 1040 g/mol. The van der Waals surface area contributed by atoms with Gasteiger partial charge in [-0.25, -0.2) is 4.79 Å². The van der Waals surface area contributed by atoms with Gasteiger partial charge in [-0.05, 0) is 96.1 Å². The molecule has 0 fully saturated rings. The van der Waals surface area contributed by atoms with Crippen molar-refractivity contribution in [3.05, 3.63) is 0 Å². The third-order valence-corrected chi connectivity index (χ3v) is 12.2. The number of carbonyl (C=O) groups excluding carboxylic acids is 9. The van der Waals surface area contributed by atoms with Crippen molar-refractivity contribution >= 4 is 77.0 Å². The summed E-state index contributed by atoms with van der Waals surface area (Å²) in [5.41, 5.74) is 33.1. The van der Waals surface area contributed by atoms with Gasteiger partial charge in [-0.2, -0.15) is 0 Å². The maximum absolute atomic E-state index is 14.2. The maximum Gasteiger partial charge on any atom is 0.326 e. The zero-order valence-electron chi connectivity index (χ0n) is 45.8. The number of carbonyl (C=O) groups is 12. The second-order valence-corrected chi connectivity index (χ2v) is 19.6. The summed E-state index contributed by atoms with van der Waals surface area (Å²) in [4.78, 5) is 161. The number of primary amides is 1. The van der Waals surface area contributed by atoms with Crippen LogP contribution in [0.25, 0.3) is 0 Å². The highest BCUT2D eigenvalue weighted by Crippen LogP contribution is 2.14. The van der Waals surface area contributed by atoms with Crippen LogP contribution in [-0.2, 0) is 57.5 Å². The quantitative estimate of drug-likeness (QED) is 0.0154. The van der Waals surface area contributed by atoms with Crippen LogP contribution in [0, 0.1) is 11.8 Å². The van der Waals surface area contributed by atoms with E-state index < -0.39 is 170 Å². The van der Waals surface area contributed by atoms with E-state index >= 15 is 0 Å². The van der Waals surface area contributed by atoms with Gasteiger partial charge in [0, 0.05) is 19.4 Å². The van der Waals surface area contributed by atoms with E-state index in [4.69, 9.17) is 34.4 Å². The SMILES string of the molecule is CCC(C)C(NC(=O)C(CC(C)C)NC(=O)C(NC(=O)C(CCCN=C(N)N)NC(=O)C(CC(=O)O)NC(=O)C(N)CCCCN)C(C)O)C(=O)NC(CCC(=O)O)C(=O)NC(CCC(N)=O)C(=O)NC(CCCCN)C(=O)O. The molecule has 450 valence electrons. The average molecular weight is 1130 g/mol. The molecule has 31 nitrogen and oxygen atoms in total. The minimum Gasteiger partial charge on any atom is -0.481 e. The first-order chi connectivity index (χ1) is 37.0. The van der Waals surface area contributed by atoms with Gasteiger partial charge in [0.25, 0.3) is 0 Å². The molecule has 0 aromatic rings. The number of nitrogens with zero attached hydrogens (tertiary/aromatic N) is 1. The zero-order valence-corrected chi connectivity index (χ0v) is 45.8. The van der Waals surface area contributed by atoms with Crippen LogP contribution in [0.15, 0.2) is 4.99 Å². The first kappa shape index (κ1) is 71.8. The number of hydrogen-bond donors (Lipinski definition) is 18. The Bertz CT molecular complexity index is 2080. The molecule has 0 aliphatic carbocycles. The van der Waals surface area contributed by atoms with Crippen molar-refractivity contribution in [1.29, 1.82) is 0 Å². The van der Waals surface area contributed by atoms with Crippen LogP contribution >= 0.6 is 0 Å². The number of nitrogens with one attached hydrogen (secondary N) is 8. The summed E-state index contributed by atoms with van der Waals surface area (Å²) in [5.74, 6) is -14.8. The largest absolute Gasteiger partial charge is 0.481 e. The van der Waals surface area contributed by atoms with Crippen molar-refractivity contribution < 1.29 is 78.0 Å². The molecule has 0 radical (unpaired) electrons. The smallest absolute Gasteiger partial charge is 0.326 e. The van der Waals surface area contributed by atoms with E-state index in [1.807, 2.05) is 0 Å². The van der Waals surface area contributed by atoms with E-state index in [-0.39, 0.29) is 63.5 Å². The molecule has 0 aromatic heterocycles. The van der Waals surface area contributed by atoms with E-state index in [2.05, 4.69) is 47.5 Å². The number of guanidine groups is 1. The molecule has 11 atom stereocenters. The van der Waals surface area contributed by atoms with Crippen LogP contribution in [0.1, 0.15) is 131 Å². The Kier molecular flexibility index (Phi) is 34.8. The lowest BCUT2D eigenvalue weighted by atomic mass is 9.96. The highest BCUT2D eigenvalue weighted by atomic mass is 16.4. The van der Waals surface area contributed by atoms with E-state index in [9.17, 15) is 78.0 Å². The Morgan fingerprint density at radius 2 is 0.911 bits per heavy atom. The van der Waals surface area contributed by atoms with Gasteiger partial charge >= 0.3 is 17.9 Å². The number of aliphatic hydroxyl groups is 1. The maximum atomic E-state index is 14.2. The fraction of sp³-hybridized carbons (Fsp3) is 0.729. The van der Waals surface area contributed by atoms with Crippen molar-refractivity contribution in [3.63, 3.8) is 0 Å². The number of nitrogens with two attached hydrogens (primary N) is 6. The monoisotopic (exact) mass is 1130 g/mol. The Labute approximate surface area is 458 Å². The second-order valence-electron chi connectivity index (χ2n) is 19.6. The summed E-state index contributed by atoms with van der Waals surface area (Å²) in [6.45, 7) is 8.27. The fourth-order valence-corrected chi connectivity index (χ4v) is 7.57. The summed E-state index contributed by atoms with van der Waals surface area (Å²) in [5, 5.41) is 58.8. The summed E-state index contributed by atoms with van der Waals surface area (Å²) in [6.07, 6.45) is -2.92. The number of carboxylic acids is 3. The fourth-order valence-electron chi connectivity index (χ4n) is 7.57. The van der Waals surface area contributed by atoms with Crippen LogP contribution in [0.5, 0.6) is 0 Å². The third kappa shape index (κ3) is 29.9. The van der Waals surface area contributed by atoms with Crippen LogP contribution in [0.4, 0.5) is 0 Å². The number of aliphatic hydroxyl groups excluding tert-OH is 1.